The van der Waals surface area contributed by atoms with Gasteiger partial charge in [0.15, 0.2) is 0 Å². The molecule has 0 aromatic heterocycles. The molecule has 0 bridgehead atoms. The normalized spacial score (nSPS) is 23.6. The molecule has 1 unspecified atom stereocenters. The zero-order valence-electron chi connectivity index (χ0n) is 12.0. The van der Waals surface area contributed by atoms with E-state index in [9.17, 15) is 12.8 Å². The van der Waals surface area contributed by atoms with Gasteiger partial charge < -0.3 is 5.73 Å². The smallest absolute Gasteiger partial charge is 0.240 e. The highest BCUT2D eigenvalue weighted by atomic mass is 32.2. The van der Waals surface area contributed by atoms with Gasteiger partial charge in [0.25, 0.3) is 0 Å². The average molecular weight is 313 g/mol. The fraction of sp³-hybridized carbons (Fsp3) is 0.571. The second-order valence-electron chi connectivity index (χ2n) is 5.98. The number of nitrogens with two attached hydrogens (primary N) is 1. The Hall–Kier alpha value is -1.18. The second-order valence-corrected chi connectivity index (χ2v) is 7.69. The number of anilines is 1. The molecule has 0 radical (unpaired) electrons. The highest BCUT2D eigenvalue weighted by molar-refractivity contribution is 7.89. The maximum atomic E-state index is 13.5. The van der Waals surface area contributed by atoms with Crippen LogP contribution in [0.25, 0.3) is 0 Å². The Labute approximate surface area is 124 Å². The van der Waals surface area contributed by atoms with Crippen LogP contribution in [0.4, 0.5) is 10.1 Å². The molecule has 1 heterocycles. The molecule has 0 amide bonds. The molecule has 0 spiro atoms. The van der Waals surface area contributed by atoms with Crippen molar-refractivity contribution in [2.45, 2.75) is 43.2 Å². The molecule has 1 aromatic rings. The standard InChI is InChI=1S/C14H20FN3O2S/c1-9-6-12(7-13(16)14(9)15)21(19,20)17-10-4-5-18(8-10)11-2-3-11/h6-7,10-11,17H,2-5,8,16H2,1H3. The van der Waals surface area contributed by atoms with E-state index in [1.807, 2.05) is 0 Å². The number of likely N-dealkylation sites (tertiary alicyclic amines) is 1. The third kappa shape index (κ3) is 3.04. The molecule has 1 saturated heterocycles. The number of hydrogen-bond donors (Lipinski definition) is 2. The van der Waals surface area contributed by atoms with Crippen molar-refractivity contribution in [2.24, 2.45) is 0 Å². The lowest BCUT2D eigenvalue weighted by molar-refractivity contribution is 0.322. The fourth-order valence-corrected chi connectivity index (χ4v) is 4.24. The van der Waals surface area contributed by atoms with Crippen molar-refractivity contribution in [1.82, 2.24) is 9.62 Å². The van der Waals surface area contributed by atoms with Crippen molar-refractivity contribution in [3.05, 3.63) is 23.5 Å². The Morgan fingerprint density at radius 3 is 2.67 bits per heavy atom. The minimum atomic E-state index is -3.66. The Balaban J connectivity index is 1.75. The highest BCUT2D eigenvalue weighted by Crippen LogP contribution is 2.30. The van der Waals surface area contributed by atoms with E-state index in [-0.39, 0.29) is 22.2 Å². The SMILES string of the molecule is Cc1cc(S(=O)(=O)NC2CCN(C3CC3)C2)cc(N)c1F. The summed E-state index contributed by atoms with van der Waals surface area (Å²) in [6.45, 7) is 3.19. The number of nitrogens with one attached hydrogen (secondary N) is 1. The van der Waals surface area contributed by atoms with E-state index in [4.69, 9.17) is 5.73 Å². The first-order chi connectivity index (χ1) is 9.87. The molecular weight excluding hydrogens is 293 g/mol. The van der Waals surface area contributed by atoms with Gasteiger partial charge >= 0.3 is 0 Å². The van der Waals surface area contributed by atoms with Crippen molar-refractivity contribution in [2.75, 3.05) is 18.8 Å². The maximum Gasteiger partial charge on any atom is 0.240 e. The Kier molecular flexibility index (Phi) is 3.67. The van der Waals surface area contributed by atoms with Gasteiger partial charge in [-0.1, -0.05) is 0 Å². The van der Waals surface area contributed by atoms with Gasteiger partial charge in [0.2, 0.25) is 10.0 Å². The van der Waals surface area contributed by atoms with E-state index < -0.39 is 15.8 Å². The molecule has 3 N–H and O–H groups in total. The van der Waals surface area contributed by atoms with E-state index in [0.29, 0.717) is 6.04 Å². The molecule has 1 aliphatic carbocycles. The number of hydrogen-bond acceptors (Lipinski definition) is 4. The van der Waals surface area contributed by atoms with Crippen LogP contribution in [0.1, 0.15) is 24.8 Å². The number of benzene rings is 1. The van der Waals surface area contributed by atoms with Crippen LogP contribution >= 0.6 is 0 Å². The van der Waals surface area contributed by atoms with Crippen LogP contribution in [0.3, 0.4) is 0 Å². The minimum absolute atomic E-state index is 0.0313. The van der Waals surface area contributed by atoms with Crippen molar-refractivity contribution >= 4 is 15.7 Å². The van der Waals surface area contributed by atoms with Crippen LogP contribution in [0.2, 0.25) is 0 Å². The largest absolute Gasteiger partial charge is 0.396 e. The number of nitrogen functional groups attached to an aromatic ring is 1. The first-order valence-electron chi connectivity index (χ1n) is 7.19. The molecule has 116 valence electrons. The van der Waals surface area contributed by atoms with Crippen molar-refractivity contribution in [1.29, 1.82) is 0 Å². The summed E-state index contributed by atoms with van der Waals surface area (Å²) in [7, 11) is -3.66. The van der Waals surface area contributed by atoms with E-state index in [1.165, 1.54) is 31.9 Å². The quantitative estimate of drug-likeness (QED) is 0.820. The predicted octanol–water partition coefficient (Wildman–Crippen LogP) is 1.23. The summed E-state index contributed by atoms with van der Waals surface area (Å²) in [5, 5.41) is 0. The first kappa shape index (κ1) is 14.7. The Morgan fingerprint density at radius 1 is 1.33 bits per heavy atom. The van der Waals surface area contributed by atoms with Gasteiger partial charge in [-0.15, -0.1) is 0 Å². The third-order valence-corrected chi connectivity index (χ3v) is 5.67. The van der Waals surface area contributed by atoms with Crippen LogP contribution in [0.15, 0.2) is 17.0 Å². The molecule has 7 heteroatoms. The summed E-state index contributed by atoms with van der Waals surface area (Å²) < 4.78 is 41.0. The van der Waals surface area contributed by atoms with Gasteiger partial charge in [-0.25, -0.2) is 17.5 Å². The van der Waals surface area contributed by atoms with Gasteiger partial charge in [-0.3, -0.25) is 4.90 Å². The molecule has 1 saturated carbocycles. The summed E-state index contributed by atoms with van der Waals surface area (Å²) in [6.07, 6.45) is 3.24. The van der Waals surface area contributed by atoms with Crippen molar-refractivity contribution < 1.29 is 12.8 Å². The van der Waals surface area contributed by atoms with Crippen molar-refractivity contribution in [3.8, 4) is 0 Å². The molecule has 21 heavy (non-hydrogen) atoms. The van der Waals surface area contributed by atoms with Crippen LogP contribution in [-0.2, 0) is 10.0 Å². The van der Waals surface area contributed by atoms with Gasteiger partial charge in [0.05, 0.1) is 10.6 Å². The molecule has 3 rings (SSSR count). The number of aryl methyl sites for hydroxylation is 1. The second kappa shape index (κ2) is 5.23. The molecule has 1 aromatic carbocycles. The summed E-state index contributed by atoms with van der Waals surface area (Å²) in [5.41, 5.74) is 5.62. The van der Waals surface area contributed by atoms with Gasteiger partial charge in [-0.2, -0.15) is 0 Å². The minimum Gasteiger partial charge on any atom is -0.396 e. The first-order valence-corrected chi connectivity index (χ1v) is 8.67. The third-order valence-electron chi connectivity index (χ3n) is 4.17. The number of halogens is 1. The monoisotopic (exact) mass is 313 g/mol. The van der Waals surface area contributed by atoms with E-state index >= 15 is 0 Å². The molecule has 2 fully saturated rings. The molecule has 1 atom stereocenters. The topological polar surface area (TPSA) is 75.4 Å². The number of rotatable bonds is 4. The Bertz CT molecular complexity index is 635. The molecule has 5 nitrogen and oxygen atoms in total. The predicted molar refractivity (Wildman–Crippen MR) is 78.9 cm³/mol. The maximum absolute atomic E-state index is 13.5. The van der Waals surface area contributed by atoms with E-state index in [1.54, 1.807) is 0 Å². The van der Waals surface area contributed by atoms with Crippen LogP contribution in [-0.4, -0.2) is 38.5 Å². The van der Waals surface area contributed by atoms with Crippen LogP contribution < -0.4 is 10.5 Å². The summed E-state index contributed by atoms with van der Waals surface area (Å²) >= 11 is 0. The molecule has 1 aliphatic heterocycles. The summed E-state index contributed by atoms with van der Waals surface area (Å²) in [6, 6.07) is 3.06. The van der Waals surface area contributed by atoms with E-state index in [2.05, 4.69) is 9.62 Å². The zero-order chi connectivity index (χ0) is 15.2. The lowest BCUT2D eigenvalue weighted by Gasteiger charge is -2.16. The fourth-order valence-electron chi connectivity index (χ4n) is 2.86. The molecule has 2 aliphatic rings. The van der Waals surface area contributed by atoms with Gasteiger partial charge in [0.1, 0.15) is 5.82 Å². The van der Waals surface area contributed by atoms with Crippen LogP contribution in [0.5, 0.6) is 0 Å². The molecular formula is C14H20FN3O2S. The number of sulfonamides is 1. The zero-order valence-corrected chi connectivity index (χ0v) is 12.8. The van der Waals surface area contributed by atoms with Gasteiger partial charge in [0, 0.05) is 25.2 Å². The number of nitrogens with zero attached hydrogens (tertiary/aromatic N) is 1. The van der Waals surface area contributed by atoms with Crippen molar-refractivity contribution in [3.63, 3.8) is 0 Å². The van der Waals surface area contributed by atoms with E-state index in [0.717, 1.165) is 19.5 Å². The summed E-state index contributed by atoms with van der Waals surface area (Å²) in [4.78, 5) is 2.36. The Morgan fingerprint density at radius 2 is 2.05 bits per heavy atom. The average Bonchev–Trinajstić information content (AvgIpc) is 3.16. The highest BCUT2D eigenvalue weighted by Gasteiger charge is 2.35. The summed E-state index contributed by atoms with van der Waals surface area (Å²) in [5.74, 6) is -0.560. The van der Waals surface area contributed by atoms with Gasteiger partial charge in [-0.05, 0) is 43.9 Å². The lowest BCUT2D eigenvalue weighted by atomic mass is 10.2. The lowest BCUT2D eigenvalue weighted by Crippen LogP contribution is -2.37. The van der Waals surface area contributed by atoms with Crippen LogP contribution in [0, 0.1) is 12.7 Å².